The molecule has 1 aliphatic heterocycles. The van der Waals surface area contributed by atoms with E-state index in [4.69, 9.17) is 0 Å². The van der Waals surface area contributed by atoms with E-state index in [1.54, 1.807) is 35.0 Å². The van der Waals surface area contributed by atoms with Gasteiger partial charge in [-0.3, -0.25) is 24.6 Å². The molecule has 1 aliphatic rings. The van der Waals surface area contributed by atoms with Crippen molar-refractivity contribution in [1.29, 1.82) is 0 Å². The minimum atomic E-state index is -0.451. The Hall–Kier alpha value is -4.13. The van der Waals surface area contributed by atoms with E-state index in [1.807, 2.05) is 57.2 Å². The van der Waals surface area contributed by atoms with E-state index in [9.17, 15) is 14.4 Å². The molecule has 2 heterocycles. The van der Waals surface area contributed by atoms with Crippen LogP contribution in [0.25, 0.3) is 6.08 Å². The highest BCUT2D eigenvalue weighted by molar-refractivity contribution is 6.14. The van der Waals surface area contributed by atoms with Crippen LogP contribution >= 0.6 is 0 Å². The topological polar surface area (TPSA) is 83.4 Å². The van der Waals surface area contributed by atoms with Gasteiger partial charge in [-0.2, -0.15) is 0 Å². The van der Waals surface area contributed by atoms with Crippen LogP contribution in [0.4, 0.5) is 4.79 Å². The Morgan fingerprint density at radius 1 is 1.00 bits per heavy atom. The van der Waals surface area contributed by atoms with Crippen molar-refractivity contribution in [1.82, 2.24) is 14.9 Å². The number of imide groups is 1. The van der Waals surface area contributed by atoms with Gasteiger partial charge in [-0.15, -0.1) is 0 Å². The maximum atomic E-state index is 12.9. The molecular formula is C25H24N4O3. The Labute approximate surface area is 186 Å². The van der Waals surface area contributed by atoms with Crippen molar-refractivity contribution >= 4 is 23.9 Å². The average Bonchev–Trinajstić information content (AvgIpc) is 3.20. The predicted molar refractivity (Wildman–Crippen MR) is 122 cm³/mol. The molecule has 2 N–H and O–H groups in total. The van der Waals surface area contributed by atoms with Crippen LogP contribution in [-0.2, 0) is 11.3 Å². The summed E-state index contributed by atoms with van der Waals surface area (Å²) in [5.74, 6) is -0.616. The van der Waals surface area contributed by atoms with Gasteiger partial charge in [0.1, 0.15) is 5.70 Å². The van der Waals surface area contributed by atoms with Crippen LogP contribution in [0.15, 0.2) is 66.4 Å². The Morgan fingerprint density at radius 2 is 1.69 bits per heavy atom. The zero-order valence-electron chi connectivity index (χ0n) is 18.2. The molecule has 7 nitrogen and oxygen atoms in total. The second-order valence-corrected chi connectivity index (χ2v) is 7.83. The van der Waals surface area contributed by atoms with Gasteiger partial charge in [0, 0.05) is 17.0 Å². The molecular weight excluding hydrogens is 404 g/mol. The van der Waals surface area contributed by atoms with Crippen molar-refractivity contribution in [3.8, 4) is 0 Å². The van der Waals surface area contributed by atoms with Crippen LogP contribution in [0.1, 0.15) is 38.4 Å². The van der Waals surface area contributed by atoms with E-state index >= 15 is 0 Å². The molecule has 0 radical (unpaired) electrons. The first-order valence-electron chi connectivity index (χ1n) is 10.3. The van der Waals surface area contributed by atoms with E-state index in [0.717, 1.165) is 28.1 Å². The standard InChI is InChI=1S/C25H24N4O3/c1-16-9-11-19(12-10-16)15-28-24(31)22(26-25(28)32)14-21-13-17(2)29(18(21)3)27-23(30)20-7-5-4-6-8-20/h4-14H,15H2,1-3H3,(H,26,32)(H,27,30)/b22-14-. The number of urea groups is 1. The zero-order chi connectivity index (χ0) is 22.8. The van der Waals surface area contributed by atoms with Crippen LogP contribution in [0.5, 0.6) is 0 Å². The summed E-state index contributed by atoms with van der Waals surface area (Å²) in [7, 11) is 0. The molecule has 1 aromatic heterocycles. The van der Waals surface area contributed by atoms with Crippen molar-refractivity contribution in [3.05, 3.63) is 100 Å². The molecule has 1 fully saturated rings. The summed E-state index contributed by atoms with van der Waals surface area (Å²) >= 11 is 0. The molecule has 0 aliphatic carbocycles. The molecule has 162 valence electrons. The van der Waals surface area contributed by atoms with Crippen molar-refractivity contribution in [3.63, 3.8) is 0 Å². The van der Waals surface area contributed by atoms with E-state index in [-0.39, 0.29) is 24.1 Å². The molecule has 7 heteroatoms. The third kappa shape index (κ3) is 4.18. The fourth-order valence-corrected chi connectivity index (χ4v) is 3.61. The first kappa shape index (κ1) is 21.1. The molecule has 0 spiro atoms. The first-order chi connectivity index (χ1) is 15.3. The minimum absolute atomic E-state index is 0.203. The normalized spacial score (nSPS) is 14.7. The minimum Gasteiger partial charge on any atom is -0.303 e. The summed E-state index contributed by atoms with van der Waals surface area (Å²) in [6, 6.07) is 18.0. The van der Waals surface area contributed by atoms with Crippen LogP contribution < -0.4 is 10.7 Å². The lowest BCUT2D eigenvalue weighted by Gasteiger charge is -2.12. The van der Waals surface area contributed by atoms with Gasteiger partial charge < -0.3 is 5.32 Å². The summed E-state index contributed by atoms with van der Waals surface area (Å²) in [5.41, 5.74) is 7.89. The molecule has 4 rings (SSSR count). The Balaban J connectivity index is 1.54. The number of nitrogens with one attached hydrogen (secondary N) is 2. The van der Waals surface area contributed by atoms with Crippen LogP contribution in [0, 0.1) is 20.8 Å². The Morgan fingerprint density at radius 3 is 2.38 bits per heavy atom. The number of carbonyl (C=O) groups is 3. The van der Waals surface area contributed by atoms with Crippen molar-refractivity contribution in [2.75, 3.05) is 5.43 Å². The third-order valence-corrected chi connectivity index (χ3v) is 5.44. The molecule has 0 atom stereocenters. The zero-order valence-corrected chi connectivity index (χ0v) is 18.2. The second-order valence-electron chi connectivity index (χ2n) is 7.83. The monoisotopic (exact) mass is 428 g/mol. The van der Waals surface area contributed by atoms with Gasteiger partial charge in [0.05, 0.1) is 6.54 Å². The number of amides is 4. The fraction of sp³-hybridized carbons (Fsp3) is 0.160. The fourth-order valence-electron chi connectivity index (χ4n) is 3.61. The van der Waals surface area contributed by atoms with Crippen LogP contribution in [0.3, 0.4) is 0 Å². The molecule has 2 aromatic carbocycles. The summed E-state index contributed by atoms with van der Waals surface area (Å²) in [5, 5.41) is 2.66. The van der Waals surface area contributed by atoms with Crippen LogP contribution in [0.2, 0.25) is 0 Å². The van der Waals surface area contributed by atoms with E-state index < -0.39 is 6.03 Å². The maximum Gasteiger partial charge on any atom is 0.329 e. The lowest BCUT2D eigenvalue weighted by molar-refractivity contribution is -0.123. The van der Waals surface area contributed by atoms with Crippen molar-refractivity contribution < 1.29 is 14.4 Å². The number of benzene rings is 2. The first-order valence-corrected chi connectivity index (χ1v) is 10.3. The number of aromatic nitrogens is 1. The lowest BCUT2D eigenvalue weighted by Crippen LogP contribution is -2.30. The molecule has 0 saturated carbocycles. The third-order valence-electron chi connectivity index (χ3n) is 5.44. The molecule has 32 heavy (non-hydrogen) atoms. The van der Waals surface area contributed by atoms with Gasteiger partial charge >= 0.3 is 6.03 Å². The largest absolute Gasteiger partial charge is 0.329 e. The maximum absolute atomic E-state index is 12.9. The van der Waals surface area contributed by atoms with Crippen molar-refractivity contribution in [2.45, 2.75) is 27.3 Å². The average molecular weight is 428 g/mol. The lowest BCUT2D eigenvalue weighted by atomic mass is 10.1. The van der Waals surface area contributed by atoms with Gasteiger partial charge in [0.25, 0.3) is 11.8 Å². The molecule has 4 amide bonds. The van der Waals surface area contributed by atoms with Gasteiger partial charge in [0.2, 0.25) is 0 Å². The highest BCUT2D eigenvalue weighted by Crippen LogP contribution is 2.21. The molecule has 3 aromatic rings. The Kier molecular flexibility index (Phi) is 5.64. The molecule has 0 unspecified atom stereocenters. The molecule has 1 saturated heterocycles. The predicted octanol–water partition coefficient (Wildman–Crippen LogP) is 3.89. The quantitative estimate of drug-likeness (QED) is 0.478. The number of carbonyl (C=O) groups excluding carboxylic acids is 3. The van der Waals surface area contributed by atoms with E-state index in [0.29, 0.717) is 5.56 Å². The van der Waals surface area contributed by atoms with Crippen LogP contribution in [-0.4, -0.2) is 27.4 Å². The summed E-state index contributed by atoms with van der Waals surface area (Å²) in [6.45, 7) is 5.89. The summed E-state index contributed by atoms with van der Waals surface area (Å²) in [4.78, 5) is 39.0. The van der Waals surface area contributed by atoms with Gasteiger partial charge in [-0.05, 0) is 56.2 Å². The van der Waals surface area contributed by atoms with Crippen molar-refractivity contribution in [2.24, 2.45) is 0 Å². The summed E-state index contributed by atoms with van der Waals surface area (Å²) < 4.78 is 1.67. The highest BCUT2D eigenvalue weighted by Gasteiger charge is 2.33. The SMILES string of the molecule is Cc1ccc(CN2C(=O)N/C(=C\c3cc(C)n(NC(=O)c4ccccc4)c3C)C2=O)cc1. The number of hydrogen-bond donors (Lipinski definition) is 2. The second kappa shape index (κ2) is 8.55. The smallest absolute Gasteiger partial charge is 0.303 e. The number of hydrogen-bond acceptors (Lipinski definition) is 3. The van der Waals surface area contributed by atoms with Gasteiger partial charge in [-0.1, -0.05) is 48.0 Å². The number of aryl methyl sites for hydroxylation is 2. The van der Waals surface area contributed by atoms with Gasteiger partial charge in [-0.25, -0.2) is 4.79 Å². The highest BCUT2D eigenvalue weighted by atomic mass is 16.2. The van der Waals surface area contributed by atoms with E-state index in [1.165, 1.54) is 4.90 Å². The number of rotatable bonds is 5. The summed E-state index contributed by atoms with van der Waals surface area (Å²) in [6.07, 6.45) is 1.64. The van der Waals surface area contributed by atoms with E-state index in [2.05, 4.69) is 10.7 Å². The van der Waals surface area contributed by atoms with Gasteiger partial charge in [0.15, 0.2) is 0 Å². The molecule has 0 bridgehead atoms. The Bertz CT molecular complexity index is 1220. The number of nitrogens with zero attached hydrogens (tertiary/aromatic N) is 2.